The van der Waals surface area contributed by atoms with Crippen LogP contribution < -0.4 is 5.73 Å². The highest BCUT2D eigenvalue weighted by molar-refractivity contribution is 5.86. The predicted molar refractivity (Wildman–Crippen MR) is 34.0 cm³/mol. The molecule has 0 aromatic rings. The molecule has 3 nitrogen and oxygen atoms in total. The van der Waals surface area contributed by atoms with Crippen molar-refractivity contribution in [1.29, 1.82) is 0 Å². The van der Waals surface area contributed by atoms with Gasteiger partial charge in [-0.1, -0.05) is 6.92 Å². The third-order valence-electron chi connectivity index (χ3n) is 1.19. The van der Waals surface area contributed by atoms with Crippen LogP contribution in [0.1, 0.15) is 13.3 Å². The fourth-order valence-electron chi connectivity index (χ4n) is 0.547. The number of ketones is 1. The molecule has 1 unspecified atom stereocenters. The topological polar surface area (TPSA) is 60.2 Å². The smallest absolute Gasteiger partial charge is 0.218 e. The Balaban J connectivity index is 3.72. The molecule has 10 heavy (non-hydrogen) atoms. The highest BCUT2D eigenvalue weighted by Crippen LogP contribution is 2.02. The molecule has 0 aliphatic rings. The summed E-state index contributed by atoms with van der Waals surface area (Å²) < 4.78 is 11.6. The Kier molecular flexibility index (Phi) is 3.61. The maximum Gasteiger partial charge on any atom is 0.218 e. The summed E-state index contributed by atoms with van der Waals surface area (Å²) in [5, 5.41) is 0. The van der Waals surface area contributed by atoms with Crippen LogP contribution in [0, 0.1) is 5.92 Å². The normalized spacial score (nSPS) is 12.6. The van der Waals surface area contributed by atoms with Gasteiger partial charge in [-0.25, -0.2) is 4.39 Å². The SMILES string of the molecule is CC(CC(N)=O)C(=O)CF. The average Bonchev–Trinajstić information content (AvgIpc) is 1.85. The number of Topliss-reactive ketones (excluding diaryl/α,β-unsaturated/α-hetero) is 1. The molecule has 0 saturated carbocycles. The number of alkyl halides is 1. The van der Waals surface area contributed by atoms with Crippen LogP contribution in [0.5, 0.6) is 0 Å². The molecule has 58 valence electrons. The van der Waals surface area contributed by atoms with E-state index in [2.05, 4.69) is 0 Å². The van der Waals surface area contributed by atoms with Gasteiger partial charge in [0.2, 0.25) is 5.91 Å². The Hall–Kier alpha value is -0.930. The molecule has 0 aromatic carbocycles. The van der Waals surface area contributed by atoms with Crippen molar-refractivity contribution < 1.29 is 14.0 Å². The molecule has 2 N–H and O–H groups in total. The molecule has 1 atom stereocenters. The minimum atomic E-state index is -1.02. The van der Waals surface area contributed by atoms with E-state index in [1.807, 2.05) is 0 Å². The lowest BCUT2D eigenvalue weighted by Gasteiger charge is -2.02. The van der Waals surface area contributed by atoms with Crippen molar-refractivity contribution in [1.82, 2.24) is 0 Å². The van der Waals surface area contributed by atoms with Gasteiger partial charge < -0.3 is 5.73 Å². The van der Waals surface area contributed by atoms with Crippen molar-refractivity contribution in [2.24, 2.45) is 11.7 Å². The van der Waals surface area contributed by atoms with Crippen LogP contribution in [0.25, 0.3) is 0 Å². The first kappa shape index (κ1) is 9.07. The zero-order valence-corrected chi connectivity index (χ0v) is 5.76. The lowest BCUT2D eigenvalue weighted by atomic mass is 10.0. The number of rotatable bonds is 4. The maximum atomic E-state index is 11.6. The predicted octanol–water partition coefficient (Wildman–Crippen LogP) is 0.0365. The molecule has 0 rings (SSSR count). The average molecular weight is 147 g/mol. The molecule has 0 aliphatic carbocycles. The van der Waals surface area contributed by atoms with Gasteiger partial charge in [-0.3, -0.25) is 9.59 Å². The first-order chi connectivity index (χ1) is 4.57. The van der Waals surface area contributed by atoms with E-state index in [0.717, 1.165) is 0 Å². The van der Waals surface area contributed by atoms with Crippen LogP contribution in [0.2, 0.25) is 0 Å². The van der Waals surface area contributed by atoms with E-state index in [0.29, 0.717) is 0 Å². The summed E-state index contributed by atoms with van der Waals surface area (Å²) >= 11 is 0. The fraction of sp³-hybridized carbons (Fsp3) is 0.667. The molecule has 0 bridgehead atoms. The second-order valence-corrected chi connectivity index (χ2v) is 2.17. The van der Waals surface area contributed by atoms with Gasteiger partial charge in [0.25, 0.3) is 0 Å². The van der Waals surface area contributed by atoms with Gasteiger partial charge in [0.15, 0.2) is 5.78 Å². The number of carbonyl (C=O) groups excluding carboxylic acids is 2. The minimum absolute atomic E-state index is 0.0667. The van der Waals surface area contributed by atoms with Crippen molar-refractivity contribution in [3.63, 3.8) is 0 Å². The van der Waals surface area contributed by atoms with Gasteiger partial charge in [0.05, 0.1) is 0 Å². The quantitative estimate of drug-likeness (QED) is 0.610. The van der Waals surface area contributed by atoms with E-state index in [4.69, 9.17) is 5.73 Å². The van der Waals surface area contributed by atoms with Crippen molar-refractivity contribution in [2.75, 3.05) is 6.67 Å². The van der Waals surface area contributed by atoms with Gasteiger partial charge in [-0.2, -0.15) is 0 Å². The fourth-order valence-corrected chi connectivity index (χ4v) is 0.547. The second kappa shape index (κ2) is 3.98. The van der Waals surface area contributed by atoms with Crippen LogP contribution in [-0.4, -0.2) is 18.4 Å². The Labute approximate surface area is 58.4 Å². The van der Waals surface area contributed by atoms with E-state index >= 15 is 0 Å². The largest absolute Gasteiger partial charge is 0.370 e. The number of primary amides is 1. The summed E-state index contributed by atoms with van der Waals surface area (Å²) in [5.74, 6) is -1.73. The lowest BCUT2D eigenvalue weighted by molar-refractivity contribution is -0.127. The molecule has 0 heterocycles. The third kappa shape index (κ3) is 3.17. The van der Waals surface area contributed by atoms with Crippen LogP contribution >= 0.6 is 0 Å². The van der Waals surface area contributed by atoms with E-state index in [1.165, 1.54) is 6.92 Å². The summed E-state index contributed by atoms with van der Waals surface area (Å²) in [6.45, 7) is 0.459. The zero-order chi connectivity index (χ0) is 8.15. The molecule has 0 radical (unpaired) electrons. The van der Waals surface area contributed by atoms with E-state index in [1.54, 1.807) is 0 Å². The van der Waals surface area contributed by atoms with Gasteiger partial charge in [-0.05, 0) is 0 Å². The minimum Gasteiger partial charge on any atom is -0.370 e. The first-order valence-electron chi connectivity index (χ1n) is 2.95. The van der Waals surface area contributed by atoms with Crippen molar-refractivity contribution >= 4 is 11.7 Å². The molecule has 1 amide bonds. The summed E-state index contributed by atoms with van der Waals surface area (Å²) in [7, 11) is 0. The number of hydrogen-bond donors (Lipinski definition) is 1. The Morgan fingerprint density at radius 1 is 1.60 bits per heavy atom. The number of hydrogen-bond acceptors (Lipinski definition) is 2. The van der Waals surface area contributed by atoms with Gasteiger partial charge in [0, 0.05) is 12.3 Å². The molecular weight excluding hydrogens is 137 g/mol. The van der Waals surface area contributed by atoms with Gasteiger partial charge >= 0.3 is 0 Å². The van der Waals surface area contributed by atoms with E-state index in [9.17, 15) is 14.0 Å². The zero-order valence-electron chi connectivity index (χ0n) is 5.76. The number of amides is 1. The van der Waals surface area contributed by atoms with Crippen molar-refractivity contribution in [3.8, 4) is 0 Å². The van der Waals surface area contributed by atoms with Crippen molar-refractivity contribution in [3.05, 3.63) is 0 Å². The summed E-state index contributed by atoms with van der Waals surface area (Å²) in [5.41, 5.74) is 4.77. The molecule has 0 aromatic heterocycles. The van der Waals surface area contributed by atoms with Crippen LogP contribution in [0.15, 0.2) is 0 Å². The molecular formula is C6H10FNO2. The summed E-state index contributed by atoms with van der Waals surface area (Å²) in [6.07, 6.45) is -0.0667. The molecule has 0 fully saturated rings. The Morgan fingerprint density at radius 3 is 2.40 bits per heavy atom. The van der Waals surface area contributed by atoms with E-state index < -0.39 is 24.3 Å². The number of carbonyl (C=O) groups is 2. The Morgan fingerprint density at radius 2 is 2.10 bits per heavy atom. The van der Waals surface area contributed by atoms with Crippen molar-refractivity contribution in [2.45, 2.75) is 13.3 Å². The molecule has 0 spiro atoms. The second-order valence-electron chi connectivity index (χ2n) is 2.17. The molecule has 0 saturated heterocycles. The number of halogens is 1. The number of nitrogens with two attached hydrogens (primary N) is 1. The lowest BCUT2D eigenvalue weighted by Crippen LogP contribution is -2.21. The molecule has 0 aliphatic heterocycles. The van der Waals surface area contributed by atoms with E-state index in [-0.39, 0.29) is 6.42 Å². The Bertz CT molecular complexity index is 147. The third-order valence-corrected chi connectivity index (χ3v) is 1.19. The van der Waals surface area contributed by atoms with Gasteiger partial charge in [0.1, 0.15) is 6.67 Å². The summed E-state index contributed by atoms with van der Waals surface area (Å²) in [6, 6.07) is 0. The van der Waals surface area contributed by atoms with Crippen LogP contribution in [0.3, 0.4) is 0 Å². The highest BCUT2D eigenvalue weighted by atomic mass is 19.1. The maximum absolute atomic E-state index is 11.6. The monoisotopic (exact) mass is 147 g/mol. The summed E-state index contributed by atoms with van der Waals surface area (Å²) in [4.78, 5) is 20.6. The van der Waals surface area contributed by atoms with Gasteiger partial charge in [-0.15, -0.1) is 0 Å². The van der Waals surface area contributed by atoms with Crippen LogP contribution in [-0.2, 0) is 9.59 Å². The highest BCUT2D eigenvalue weighted by Gasteiger charge is 2.14. The molecule has 4 heteroatoms. The first-order valence-corrected chi connectivity index (χ1v) is 2.95. The standard InChI is InChI=1S/C6H10FNO2/c1-4(2-6(8)10)5(9)3-7/h4H,2-3H2,1H3,(H2,8,10). The van der Waals surface area contributed by atoms with Crippen LogP contribution in [0.4, 0.5) is 4.39 Å².